The number of hydrogen-bond donors (Lipinski definition) is 2. The van der Waals surface area contributed by atoms with E-state index < -0.39 is 5.54 Å². The quantitative estimate of drug-likeness (QED) is 0.611. The lowest BCUT2D eigenvalue weighted by atomic mass is 9.85. The van der Waals surface area contributed by atoms with E-state index in [1.54, 1.807) is 6.07 Å². The van der Waals surface area contributed by atoms with Crippen molar-refractivity contribution >= 4 is 17.5 Å². The molecule has 0 atom stereocenters. The number of carbonyl (C=O) groups excluding carboxylic acids is 2. The van der Waals surface area contributed by atoms with Gasteiger partial charge in [0.25, 0.3) is 5.91 Å². The molecule has 2 saturated heterocycles. The third-order valence-electron chi connectivity index (χ3n) is 6.69. The number of benzene rings is 2. The molecule has 2 aliphatic heterocycles. The van der Waals surface area contributed by atoms with Crippen molar-refractivity contribution in [2.45, 2.75) is 18.4 Å². The number of carbonyl (C=O) groups is 2. The molecule has 0 aliphatic carbocycles. The number of nitrogens with zero attached hydrogens (tertiary/aromatic N) is 2. The summed E-state index contributed by atoms with van der Waals surface area (Å²) in [6, 6.07) is 23.4. The standard InChI is InChI=1S/C26H28N4O3/c31-24(23-12-11-22(33-23)20-7-3-1-4-8-20)27-15-18-29-16-13-26(14-17-29)25(32)28-19-30(26)21-9-5-2-6-10-21/h1-12H,13-19H2,(H,27,31)(H,28,32). The van der Waals surface area contributed by atoms with Crippen molar-refractivity contribution in [3.05, 3.63) is 78.6 Å². The second kappa shape index (κ2) is 9.11. The fourth-order valence-corrected chi connectivity index (χ4v) is 4.81. The first kappa shape index (κ1) is 21.3. The Kier molecular flexibility index (Phi) is 5.88. The monoisotopic (exact) mass is 444 g/mol. The van der Waals surface area contributed by atoms with Crippen molar-refractivity contribution in [2.75, 3.05) is 37.7 Å². The third kappa shape index (κ3) is 4.24. The summed E-state index contributed by atoms with van der Waals surface area (Å²) in [7, 11) is 0. The lowest BCUT2D eigenvalue weighted by molar-refractivity contribution is -0.125. The molecule has 2 amide bonds. The van der Waals surface area contributed by atoms with Gasteiger partial charge in [0.05, 0.1) is 6.67 Å². The zero-order chi connectivity index (χ0) is 22.7. The first-order chi connectivity index (χ1) is 16.2. The molecule has 0 bridgehead atoms. The van der Waals surface area contributed by atoms with Crippen molar-refractivity contribution in [1.82, 2.24) is 15.5 Å². The topological polar surface area (TPSA) is 77.8 Å². The number of likely N-dealkylation sites (tertiary alicyclic amines) is 1. The Labute approximate surface area is 193 Å². The molecule has 2 fully saturated rings. The number of piperidine rings is 1. The molecule has 7 heteroatoms. The summed E-state index contributed by atoms with van der Waals surface area (Å²) < 4.78 is 5.73. The summed E-state index contributed by atoms with van der Waals surface area (Å²) >= 11 is 0. The van der Waals surface area contributed by atoms with Crippen LogP contribution in [0.3, 0.4) is 0 Å². The third-order valence-corrected chi connectivity index (χ3v) is 6.69. The summed E-state index contributed by atoms with van der Waals surface area (Å²) in [4.78, 5) is 29.8. The van der Waals surface area contributed by atoms with Crippen molar-refractivity contribution < 1.29 is 14.0 Å². The van der Waals surface area contributed by atoms with Gasteiger partial charge in [-0.15, -0.1) is 0 Å². The molecular formula is C26H28N4O3. The molecule has 170 valence electrons. The van der Waals surface area contributed by atoms with Gasteiger partial charge >= 0.3 is 0 Å². The minimum Gasteiger partial charge on any atom is -0.451 e. The van der Waals surface area contributed by atoms with E-state index in [1.807, 2.05) is 54.6 Å². The van der Waals surface area contributed by atoms with Crippen LogP contribution >= 0.6 is 0 Å². The Bertz CT molecular complexity index is 1100. The second-order valence-electron chi connectivity index (χ2n) is 8.59. The fourth-order valence-electron chi connectivity index (χ4n) is 4.81. The van der Waals surface area contributed by atoms with E-state index in [-0.39, 0.29) is 11.8 Å². The van der Waals surface area contributed by atoms with Gasteiger partial charge in [-0.2, -0.15) is 0 Å². The van der Waals surface area contributed by atoms with Crippen LogP contribution in [0.1, 0.15) is 23.4 Å². The number of furan rings is 1. The average molecular weight is 445 g/mol. The SMILES string of the molecule is O=C(NCCN1CCC2(CC1)C(=O)NCN2c1ccccc1)c1ccc(-c2ccccc2)o1. The van der Waals surface area contributed by atoms with E-state index in [2.05, 4.69) is 32.6 Å². The summed E-state index contributed by atoms with van der Waals surface area (Å²) in [6.45, 7) is 3.44. The van der Waals surface area contributed by atoms with Gasteiger partial charge in [0.15, 0.2) is 5.76 Å². The molecule has 0 radical (unpaired) electrons. The lowest BCUT2D eigenvalue weighted by Crippen LogP contribution is -2.57. The van der Waals surface area contributed by atoms with E-state index in [0.29, 0.717) is 24.7 Å². The molecule has 2 aliphatic rings. The fraction of sp³-hybridized carbons (Fsp3) is 0.308. The highest BCUT2D eigenvalue weighted by Gasteiger charge is 2.50. The molecular weight excluding hydrogens is 416 g/mol. The van der Waals surface area contributed by atoms with E-state index in [0.717, 1.165) is 43.7 Å². The zero-order valence-electron chi connectivity index (χ0n) is 18.5. The predicted molar refractivity (Wildman–Crippen MR) is 127 cm³/mol. The van der Waals surface area contributed by atoms with E-state index >= 15 is 0 Å². The van der Waals surface area contributed by atoms with Crippen LogP contribution < -0.4 is 15.5 Å². The second-order valence-corrected chi connectivity index (χ2v) is 8.59. The minimum atomic E-state index is -0.483. The molecule has 5 rings (SSSR count). The molecule has 0 unspecified atom stereocenters. The maximum atomic E-state index is 12.8. The van der Waals surface area contributed by atoms with Gasteiger partial charge in [-0.3, -0.25) is 9.59 Å². The first-order valence-corrected chi connectivity index (χ1v) is 11.4. The predicted octanol–water partition coefficient (Wildman–Crippen LogP) is 3.10. The molecule has 3 aromatic rings. The van der Waals surface area contributed by atoms with Gasteiger partial charge in [-0.1, -0.05) is 48.5 Å². The summed E-state index contributed by atoms with van der Waals surface area (Å²) in [5.74, 6) is 0.898. The van der Waals surface area contributed by atoms with Gasteiger partial charge in [-0.25, -0.2) is 0 Å². The number of hydrogen-bond acceptors (Lipinski definition) is 5. The van der Waals surface area contributed by atoms with Crippen molar-refractivity contribution in [2.24, 2.45) is 0 Å². The number of rotatable bonds is 6. The Hall–Kier alpha value is -3.58. The number of anilines is 1. The number of nitrogens with one attached hydrogen (secondary N) is 2. The van der Waals surface area contributed by atoms with Crippen LogP contribution in [0.2, 0.25) is 0 Å². The zero-order valence-corrected chi connectivity index (χ0v) is 18.5. The highest BCUT2D eigenvalue weighted by atomic mass is 16.3. The molecule has 2 N–H and O–H groups in total. The molecule has 1 spiro atoms. The molecule has 2 aromatic carbocycles. The summed E-state index contributed by atoms with van der Waals surface area (Å²) in [5.41, 5.74) is 1.53. The van der Waals surface area contributed by atoms with Crippen LogP contribution in [0.4, 0.5) is 5.69 Å². The average Bonchev–Trinajstić information content (AvgIpc) is 3.48. The van der Waals surface area contributed by atoms with Crippen LogP contribution in [0.15, 0.2) is 77.2 Å². The Balaban J connectivity index is 1.13. The lowest BCUT2D eigenvalue weighted by Gasteiger charge is -2.43. The Morgan fingerprint density at radius 1 is 0.970 bits per heavy atom. The van der Waals surface area contributed by atoms with Crippen molar-refractivity contribution in [3.8, 4) is 11.3 Å². The maximum absolute atomic E-state index is 12.8. The number of para-hydroxylation sites is 1. The highest BCUT2D eigenvalue weighted by molar-refractivity contribution is 5.93. The normalized spacial score (nSPS) is 17.8. The van der Waals surface area contributed by atoms with Crippen LogP contribution in [-0.4, -0.2) is 55.1 Å². The van der Waals surface area contributed by atoms with Gasteiger partial charge in [-0.05, 0) is 37.1 Å². The maximum Gasteiger partial charge on any atom is 0.287 e. The Morgan fingerprint density at radius 3 is 2.39 bits per heavy atom. The minimum absolute atomic E-state index is 0.117. The van der Waals surface area contributed by atoms with Crippen molar-refractivity contribution in [3.63, 3.8) is 0 Å². The number of amides is 2. The summed E-state index contributed by atoms with van der Waals surface area (Å²) in [6.07, 6.45) is 1.53. The van der Waals surface area contributed by atoms with Crippen LogP contribution in [0.25, 0.3) is 11.3 Å². The molecule has 7 nitrogen and oxygen atoms in total. The molecule has 3 heterocycles. The first-order valence-electron chi connectivity index (χ1n) is 11.4. The largest absolute Gasteiger partial charge is 0.451 e. The highest BCUT2D eigenvalue weighted by Crippen LogP contribution is 2.36. The Morgan fingerprint density at radius 2 is 1.67 bits per heavy atom. The van der Waals surface area contributed by atoms with Crippen molar-refractivity contribution in [1.29, 1.82) is 0 Å². The smallest absolute Gasteiger partial charge is 0.287 e. The van der Waals surface area contributed by atoms with Gasteiger partial charge in [0.2, 0.25) is 5.91 Å². The van der Waals surface area contributed by atoms with Gasteiger partial charge in [0.1, 0.15) is 11.3 Å². The molecule has 0 saturated carbocycles. The van der Waals surface area contributed by atoms with Crippen LogP contribution in [-0.2, 0) is 4.79 Å². The van der Waals surface area contributed by atoms with Gasteiger partial charge in [0, 0.05) is 37.4 Å². The summed E-state index contributed by atoms with van der Waals surface area (Å²) in [5, 5.41) is 5.99. The molecule has 1 aromatic heterocycles. The van der Waals surface area contributed by atoms with Crippen LogP contribution in [0, 0.1) is 0 Å². The van der Waals surface area contributed by atoms with E-state index in [1.165, 1.54) is 0 Å². The van der Waals surface area contributed by atoms with Gasteiger partial charge < -0.3 is 24.9 Å². The van der Waals surface area contributed by atoms with E-state index in [4.69, 9.17) is 4.42 Å². The van der Waals surface area contributed by atoms with Crippen LogP contribution in [0.5, 0.6) is 0 Å². The molecule has 33 heavy (non-hydrogen) atoms. The van der Waals surface area contributed by atoms with E-state index in [9.17, 15) is 9.59 Å².